The van der Waals surface area contributed by atoms with Gasteiger partial charge in [-0.05, 0) is 35.4 Å². The van der Waals surface area contributed by atoms with Crippen molar-refractivity contribution < 1.29 is 31.0 Å². The predicted octanol–water partition coefficient (Wildman–Crippen LogP) is 3.47. The van der Waals surface area contributed by atoms with Crippen LogP contribution >= 0.6 is 0 Å². The van der Waals surface area contributed by atoms with Crippen molar-refractivity contribution in [3.63, 3.8) is 0 Å². The number of benzene rings is 4. The minimum Gasteiger partial charge on any atom is -1.00 e. The zero-order valence-electron chi connectivity index (χ0n) is 18.4. The van der Waals surface area contributed by atoms with Crippen LogP contribution in [0, 0.1) is 0 Å². The molecule has 4 aromatic carbocycles. The number of nitrogens with one attached hydrogen (secondary N) is 1. The molecule has 3 radical (unpaired) electrons. The quantitative estimate of drug-likeness (QED) is 0.404. The van der Waals surface area contributed by atoms with Crippen molar-refractivity contribution in [2.24, 2.45) is 4.99 Å². The Morgan fingerprint density at radius 2 is 1.10 bits per heavy atom. The molecule has 0 aliphatic heterocycles. The summed E-state index contributed by atoms with van der Waals surface area (Å²) in [5.41, 5.74) is 4.57. The molecule has 0 aromatic heterocycles. The molecule has 0 heterocycles. The molecule has 0 spiro atoms. The Labute approximate surface area is 205 Å². The minimum absolute atomic E-state index is 0. The third kappa shape index (κ3) is 9.75. The molecule has 2 nitrogen and oxygen atoms in total. The maximum Gasteiger partial charge on any atom is 1.00 e. The summed E-state index contributed by atoms with van der Waals surface area (Å²) in [7, 11) is 0. The van der Waals surface area contributed by atoms with E-state index < -0.39 is 0 Å². The predicted molar refractivity (Wildman–Crippen MR) is 127 cm³/mol. The monoisotopic (exact) mass is 399 g/mol. The molecule has 4 heteroatoms. The fourth-order valence-electron chi connectivity index (χ4n) is 2.56. The van der Waals surface area contributed by atoms with Gasteiger partial charge in [0.25, 0.3) is 0 Å². The van der Waals surface area contributed by atoms with E-state index >= 15 is 0 Å². The maximum absolute atomic E-state index is 4.35. The van der Waals surface area contributed by atoms with Gasteiger partial charge in [0.15, 0.2) is 0 Å². The number of hydrogen-bond donors (Lipinski definition) is 1. The fraction of sp³-hybridized carbons (Fsp3) is 0.0385. The fourth-order valence-corrected chi connectivity index (χ4v) is 2.56. The van der Waals surface area contributed by atoms with Gasteiger partial charge in [-0.3, -0.25) is 4.99 Å². The summed E-state index contributed by atoms with van der Waals surface area (Å²) >= 11 is 0. The van der Waals surface area contributed by atoms with Gasteiger partial charge in [0.1, 0.15) is 0 Å². The largest absolute Gasteiger partial charge is 1.00 e. The van der Waals surface area contributed by atoms with Gasteiger partial charge in [-0.1, -0.05) is 97.1 Å². The number of hydrogen-bond acceptors (Lipinski definition) is 2. The van der Waals surface area contributed by atoms with Gasteiger partial charge in [-0.25, -0.2) is 0 Å². The summed E-state index contributed by atoms with van der Waals surface area (Å²) in [5, 5.41) is 3.36. The minimum atomic E-state index is 0. The summed E-state index contributed by atoms with van der Waals surface area (Å²) in [5.74, 6) is 0. The van der Waals surface area contributed by atoms with Crippen LogP contribution in [0.15, 0.2) is 126 Å². The first-order valence-electron chi connectivity index (χ1n) is 9.37. The van der Waals surface area contributed by atoms with Crippen molar-refractivity contribution in [2.75, 3.05) is 5.32 Å². The van der Waals surface area contributed by atoms with Crippen LogP contribution in [0.1, 0.15) is 12.6 Å². The zero-order valence-corrected chi connectivity index (χ0v) is 19.4. The SMILES string of the molecule is C(=Nc1ccccc1)c1ccccc1.[B].[H-].[Na+].c1ccc(CNc2ccccc2)cc1. The van der Waals surface area contributed by atoms with Crippen LogP contribution in [0.3, 0.4) is 0 Å². The van der Waals surface area contributed by atoms with Gasteiger partial charge in [0, 0.05) is 26.9 Å². The molecule has 0 saturated carbocycles. The average Bonchev–Trinajstić information content (AvgIpc) is 2.80. The Hall–Kier alpha value is -2.59. The van der Waals surface area contributed by atoms with Gasteiger partial charge in [-0.15, -0.1) is 0 Å². The number of rotatable bonds is 5. The van der Waals surface area contributed by atoms with Crippen molar-refractivity contribution >= 4 is 26.0 Å². The second kappa shape index (κ2) is 15.3. The van der Waals surface area contributed by atoms with E-state index in [1.54, 1.807) is 0 Å². The van der Waals surface area contributed by atoms with Crippen molar-refractivity contribution in [3.8, 4) is 0 Å². The van der Waals surface area contributed by atoms with Crippen LogP contribution < -0.4 is 34.9 Å². The zero-order chi connectivity index (χ0) is 19.3. The van der Waals surface area contributed by atoms with Crippen LogP contribution in [-0.2, 0) is 6.54 Å². The average molecular weight is 399 g/mol. The third-order valence-electron chi connectivity index (χ3n) is 4.03. The number of nitrogens with zero attached hydrogens (tertiary/aromatic N) is 1. The van der Waals surface area contributed by atoms with E-state index in [-0.39, 0.29) is 39.4 Å². The second-order valence-corrected chi connectivity index (χ2v) is 6.21. The van der Waals surface area contributed by atoms with E-state index in [1.165, 1.54) is 5.56 Å². The molecule has 4 aromatic rings. The summed E-state index contributed by atoms with van der Waals surface area (Å²) in [6.45, 7) is 0.880. The molecule has 0 amide bonds. The number of anilines is 1. The Kier molecular flexibility index (Phi) is 13.0. The Bertz CT molecular complexity index is 873. The van der Waals surface area contributed by atoms with Crippen molar-refractivity contribution in [2.45, 2.75) is 6.54 Å². The van der Waals surface area contributed by atoms with E-state index in [0.717, 1.165) is 23.5 Å². The molecule has 0 saturated heterocycles. The summed E-state index contributed by atoms with van der Waals surface area (Å²) in [6, 6.07) is 40.6. The molecule has 1 N–H and O–H groups in total. The van der Waals surface area contributed by atoms with E-state index in [9.17, 15) is 0 Å². The summed E-state index contributed by atoms with van der Waals surface area (Å²) in [6.07, 6.45) is 1.87. The topological polar surface area (TPSA) is 24.4 Å². The molecule has 30 heavy (non-hydrogen) atoms. The first-order chi connectivity index (χ1) is 13.9. The molecule has 0 fully saturated rings. The molecule has 0 aliphatic carbocycles. The van der Waals surface area contributed by atoms with E-state index in [2.05, 4.69) is 46.7 Å². The molecule has 0 atom stereocenters. The van der Waals surface area contributed by atoms with Crippen LogP contribution in [-0.4, -0.2) is 14.6 Å². The Morgan fingerprint density at radius 3 is 1.67 bits per heavy atom. The van der Waals surface area contributed by atoms with E-state index in [0.29, 0.717) is 0 Å². The van der Waals surface area contributed by atoms with Crippen LogP contribution in [0.2, 0.25) is 0 Å². The summed E-state index contributed by atoms with van der Waals surface area (Å²) < 4.78 is 0. The van der Waals surface area contributed by atoms with Gasteiger partial charge in [-0.2, -0.15) is 0 Å². The number of aliphatic imine (C=N–C) groups is 1. The standard InChI is InChI=1S/C13H13N.C13H11N.B.Na.H/c2*1-3-7-12(8-4-1)11-14-13-9-5-2-6-10-13;;;/h1-10,14H,11H2;1-11H;;;/q;;;+1;-1. The first kappa shape index (κ1) is 25.5. The second-order valence-electron chi connectivity index (χ2n) is 6.21. The van der Waals surface area contributed by atoms with Crippen molar-refractivity contribution in [1.29, 1.82) is 0 Å². The summed E-state index contributed by atoms with van der Waals surface area (Å²) in [4.78, 5) is 4.35. The first-order valence-corrected chi connectivity index (χ1v) is 9.37. The Morgan fingerprint density at radius 1 is 0.633 bits per heavy atom. The smallest absolute Gasteiger partial charge is 1.00 e. The molecule has 4 rings (SSSR count). The number of para-hydroxylation sites is 2. The maximum atomic E-state index is 4.35. The van der Waals surface area contributed by atoms with Gasteiger partial charge in [0.05, 0.1) is 5.69 Å². The van der Waals surface area contributed by atoms with Gasteiger partial charge in [0.2, 0.25) is 0 Å². The van der Waals surface area contributed by atoms with E-state index in [4.69, 9.17) is 0 Å². The molecular formula is C26H25BN2Na. The molecule has 0 unspecified atom stereocenters. The Balaban J connectivity index is 0.000000529. The van der Waals surface area contributed by atoms with Crippen LogP contribution in [0.25, 0.3) is 0 Å². The molecule has 143 valence electrons. The molecule has 0 bridgehead atoms. The normalized spacial score (nSPS) is 9.47. The molecular weight excluding hydrogens is 374 g/mol. The van der Waals surface area contributed by atoms with Crippen molar-refractivity contribution in [1.82, 2.24) is 0 Å². The van der Waals surface area contributed by atoms with Gasteiger partial charge >= 0.3 is 29.6 Å². The van der Waals surface area contributed by atoms with E-state index in [1.807, 2.05) is 91.1 Å². The molecule has 0 aliphatic rings. The third-order valence-corrected chi connectivity index (χ3v) is 4.03. The van der Waals surface area contributed by atoms with Gasteiger partial charge < -0.3 is 6.74 Å². The van der Waals surface area contributed by atoms with Crippen LogP contribution in [0.4, 0.5) is 11.4 Å². The van der Waals surface area contributed by atoms with Crippen molar-refractivity contribution in [3.05, 3.63) is 132 Å². The van der Waals surface area contributed by atoms with Crippen LogP contribution in [0.5, 0.6) is 0 Å².